The minimum absolute atomic E-state index is 0.0204. The molecule has 1 unspecified atom stereocenters. The summed E-state index contributed by atoms with van der Waals surface area (Å²) in [6, 6.07) is 11.6. The van der Waals surface area contributed by atoms with Crippen molar-refractivity contribution in [1.29, 1.82) is 0 Å². The Morgan fingerprint density at radius 3 is 2.47 bits per heavy atom. The molecule has 2 aromatic carbocycles. The van der Waals surface area contributed by atoms with E-state index in [9.17, 15) is 28.2 Å². The third-order valence-electron chi connectivity index (χ3n) is 5.30. The van der Waals surface area contributed by atoms with Gasteiger partial charge in [-0.05, 0) is 36.8 Å². The lowest BCUT2D eigenvalue weighted by molar-refractivity contribution is -0.274. The summed E-state index contributed by atoms with van der Waals surface area (Å²) in [5.41, 5.74) is 0.790. The number of aromatic nitrogens is 2. The zero-order valence-electron chi connectivity index (χ0n) is 19.1. The first-order chi connectivity index (χ1) is 16.9. The zero-order chi connectivity index (χ0) is 26.2. The number of hydrogen-bond donors (Lipinski definition) is 2. The number of aliphatic hydroxyl groups excluding tert-OH is 2. The summed E-state index contributed by atoms with van der Waals surface area (Å²) in [6.07, 6.45) is -7.21. The fraction of sp³-hybridized carbons (Fsp3) is 0.304. The molecule has 3 aromatic rings. The number of fused-ring (bicyclic) bond motifs is 1. The Balaban J connectivity index is 1.78. The van der Waals surface area contributed by atoms with Crippen LogP contribution < -0.4 is 14.4 Å². The number of nitrogens with zero attached hydrogens (tertiary/aromatic N) is 4. The Labute approximate surface area is 208 Å². The number of ether oxygens (including phenoxy) is 2. The molecule has 0 aliphatic carbocycles. The fourth-order valence-corrected chi connectivity index (χ4v) is 3.86. The third kappa shape index (κ3) is 5.50. The molecular formula is C23H22ClF3N4O5. The SMILES string of the molecule is C[C@@H](O)CN1C(=O)c2c(nc(Oc3cccc(OC(F)(F)F)c3)n2Cc2ccc(Cl)cc2)N(C)C1O. The van der Waals surface area contributed by atoms with Crippen LogP contribution in [-0.2, 0) is 6.54 Å². The highest BCUT2D eigenvalue weighted by Gasteiger charge is 2.41. The summed E-state index contributed by atoms with van der Waals surface area (Å²) in [6.45, 7) is 1.42. The van der Waals surface area contributed by atoms with Gasteiger partial charge in [-0.3, -0.25) is 14.3 Å². The highest BCUT2D eigenvalue weighted by Crippen LogP contribution is 2.36. The first kappa shape index (κ1) is 25.6. The Morgan fingerprint density at radius 2 is 1.83 bits per heavy atom. The number of benzene rings is 2. The van der Waals surface area contributed by atoms with Crippen molar-refractivity contribution in [3.63, 3.8) is 0 Å². The maximum absolute atomic E-state index is 13.4. The van der Waals surface area contributed by atoms with E-state index in [1.807, 2.05) is 0 Å². The summed E-state index contributed by atoms with van der Waals surface area (Å²) < 4.78 is 49.2. The van der Waals surface area contributed by atoms with Crippen molar-refractivity contribution in [3.05, 3.63) is 64.8 Å². The van der Waals surface area contributed by atoms with Crippen LogP contribution in [-0.4, -0.2) is 63.0 Å². The van der Waals surface area contributed by atoms with Crippen molar-refractivity contribution in [3.8, 4) is 17.5 Å². The number of carbonyl (C=O) groups is 1. The number of imidazole rings is 1. The third-order valence-corrected chi connectivity index (χ3v) is 5.55. The van der Waals surface area contributed by atoms with Gasteiger partial charge in [0.15, 0.2) is 11.5 Å². The van der Waals surface area contributed by atoms with E-state index in [1.165, 1.54) is 35.6 Å². The number of halogens is 4. The molecule has 0 saturated heterocycles. The van der Waals surface area contributed by atoms with E-state index >= 15 is 0 Å². The van der Waals surface area contributed by atoms with Gasteiger partial charge in [0, 0.05) is 18.1 Å². The van der Waals surface area contributed by atoms with Crippen LogP contribution in [0, 0.1) is 0 Å². The van der Waals surface area contributed by atoms with Gasteiger partial charge in [-0.1, -0.05) is 29.8 Å². The Hall–Kier alpha value is -3.48. The second kappa shape index (κ2) is 9.88. The summed E-state index contributed by atoms with van der Waals surface area (Å²) in [4.78, 5) is 20.2. The molecule has 0 fully saturated rings. The van der Waals surface area contributed by atoms with E-state index in [2.05, 4.69) is 9.72 Å². The normalized spacial score (nSPS) is 16.7. The number of hydrogen-bond acceptors (Lipinski definition) is 7. The van der Waals surface area contributed by atoms with Crippen molar-refractivity contribution >= 4 is 23.3 Å². The smallest absolute Gasteiger partial charge is 0.425 e. The molecule has 192 valence electrons. The first-order valence-electron chi connectivity index (χ1n) is 10.7. The van der Waals surface area contributed by atoms with Crippen LogP contribution in [0.15, 0.2) is 48.5 Å². The number of anilines is 1. The monoisotopic (exact) mass is 526 g/mol. The Bertz CT molecular complexity index is 1250. The van der Waals surface area contributed by atoms with E-state index in [0.717, 1.165) is 22.6 Å². The second-order valence-corrected chi connectivity index (χ2v) is 8.60. The topological polar surface area (TPSA) is 100 Å². The summed E-state index contributed by atoms with van der Waals surface area (Å²) in [5, 5.41) is 21.0. The lowest BCUT2D eigenvalue weighted by Gasteiger charge is -2.39. The maximum Gasteiger partial charge on any atom is 0.573 e. The van der Waals surface area contributed by atoms with Crippen molar-refractivity contribution < 1.29 is 37.7 Å². The Kier molecular flexibility index (Phi) is 7.03. The number of carbonyl (C=O) groups excluding carboxylic acids is 1. The molecule has 0 bridgehead atoms. The number of rotatable bonds is 7. The van der Waals surface area contributed by atoms with Crippen molar-refractivity contribution in [2.75, 3.05) is 18.5 Å². The highest BCUT2D eigenvalue weighted by molar-refractivity contribution is 6.30. The van der Waals surface area contributed by atoms with Crippen LogP contribution in [0.25, 0.3) is 0 Å². The van der Waals surface area contributed by atoms with Crippen LogP contribution in [0.5, 0.6) is 17.5 Å². The van der Waals surface area contributed by atoms with Crippen molar-refractivity contribution in [2.24, 2.45) is 0 Å². The van der Waals surface area contributed by atoms with Crippen molar-refractivity contribution in [1.82, 2.24) is 14.5 Å². The minimum Gasteiger partial charge on any atom is -0.425 e. The molecule has 4 rings (SSSR count). The predicted octanol–water partition coefficient (Wildman–Crippen LogP) is 3.82. The zero-order valence-corrected chi connectivity index (χ0v) is 19.9. The number of aliphatic hydroxyl groups is 2. The average Bonchev–Trinajstić information content (AvgIpc) is 3.13. The van der Waals surface area contributed by atoms with E-state index in [0.29, 0.717) is 5.02 Å². The first-order valence-corrected chi connectivity index (χ1v) is 11.1. The van der Waals surface area contributed by atoms with Gasteiger partial charge in [-0.25, -0.2) is 0 Å². The Morgan fingerprint density at radius 1 is 1.17 bits per heavy atom. The molecule has 0 spiro atoms. The van der Waals surface area contributed by atoms with Gasteiger partial charge >= 0.3 is 12.4 Å². The van der Waals surface area contributed by atoms with Crippen LogP contribution in [0.2, 0.25) is 5.02 Å². The summed E-state index contributed by atoms with van der Waals surface area (Å²) >= 11 is 5.98. The van der Waals surface area contributed by atoms with E-state index in [4.69, 9.17) is 16.3 Å². The van der Waals surface area contributed by atoms with Gasteiger partial charge in [0.25, 0.3) is 5.91 Å². The molecule has 2 atom stereocenters. The van der Waals surface area contributed by atoms with E-state index < -0.39 is 30.5 Å². The van der Waals surface area contributed by atoms with Gasteiger partial charge in [-0.15, -0.1) is 13.2 Å². The van der Waals surface area contributed by atoms with Crippen molar-refractivity contribution in [2.45, 2.75) is 32.3 Å². The van der Waals surface area contributed by atoms with Crippen LogP contribution in [0.3, 0.4) is 0 Å². The number of amides is 1. The number of alkyl halides is 3. The second-order valence-electron chi connectivity index (χ2n) is 8.17. The predicted molar refractivity (Wildman–Crippen MR) is 123 cm³/mol. The van der Waals surface area contributed by atoms with E-state index in [1.54, 1.807) is 24.3 Å². The van der Waals surface area contributed by atoms with Gasteiger partial charge in [0.05, 0.1) is 19.2 Å². The van der Waals surface area contributed by atoms with Gasteiger partial charge in [0.1, 0.15) is 11.5 Å². The molecule has 2 N–H and O–H groups in total. The highest BCUT2D eigenvalue weighted by atomic mass is 35.5. The molecule has 1 aromatic heterocycles. The summed E-state index contributed by atoms with van der Waals surface area (Å²) in [7, 11) is 1.51. The lowest BCUT2D eigenvalue weighted by Crippen LogP contribution is -2.56. The molecule has 1 amide bonds. The molecule has 0 saturated carbocycles. The van der Waals surface area contributed by atoms with Gasteiger partial charge in [0.2, 0.25) is 6.35 Å². The molecule has 2 heterocycles. The van der Waals surface area contributed by atoms with Crippen LogP contribution >= 0.6 is 11.6 Å². The molecule has 9 nitrogen and oxygen atoms in total. The molecule has 1 aliphatic heterocycles. The quantitative estimate of drug-likeness (QED) is 0.483. The standard InChI is InChI=1S/C23H22ClF3N4O5/c1-13(32)11-31-20(33)18-19(29(2)22(31)34)28-21(30(18)12-14-6-8-15(24)9-7-14)35-16-4-3-5-17(10-16)36-23(25,26)27/h3-10,13,22,32,34H,11-12H2,1-2H3/t13-,22?/m1/s1. The molecule has 36 heavy (non-hydrogen) atoms. The summed E-state index contributed by atoms with van der Waals surface area (Å²) in [5.74, 6) is -1.02. The number of β-amino-alcohol motifs (C(OH)–C–C–N with tert-alkyl or cyclic N) is 1. The van der Waals surface area contributed by atoms with Crippen LogP contribution in [0.4, 0.5) is 19.0 Å². The van der Waals surface area contributed by atoms with Gasteiger partial charge < -0.3 is 24.6 Å². The largest absolute Gasteiger partial charge is 0.573 e. The van der Waals surface area contributed by atoms with Gasteiger partial charge in [-0.2, -0.15) is 4.98 Å². The molecular weight excluding hydrogens is 505 g/mol. The molecule has 13 heteroatoms. The average molecular weight is 527 g/mol. The lowest BCUT2D eigenvalue weighted by atomic mass is 10.2. The molecule has 0 radical (unpaired) electrons. The van der Waals surface area contributed by atoms with E-state index in [-0.39, 0.29) is 36.4 Å². The fourth-order valence-electron chi connectivity index (χ4n) is 3.74. The van der Waals surface area contributed by atoms with Crippen LogP contribution in [0.1, 0.15) is 23.0 Å². The minimum atomic E-state index is -4.89. The maximum atomic E-state index is 13.4. The molecule has 1 aliphatic rings.